The molecule has 1 aromatic rings. The van der Waals surface area contributed by atoms with Crippen LogP contribution >= 0.6 is 7.75 Å². The van der Waals surface area contributed by atoms with Gasteiger partial charge in [0.25, 0.3) is 0 Å². The molecule has 0 spiro atoms. The molecule has 15 heteroatoms. The molecule has 3 fully saturated rings. The van der Waals surface area contributed by atoms with E-state index >= 15 is 0 Å². The normalized spacial score (nSPS) is 30.9. The molecule has 2 saturated carbocycles. The molecule has 294 valence electrons. The van der Waals surface area contributed by atoms with Gasteiger partial charge in [-0.15, -0.1) is 0 Å². The Morgan fingerprint density at radius 3 is 2.40 bits per heavy atom. The van der Waals surface area contributed by atoms with Crippen molar-refractivity contribution in [2.75, 3.05) is 6.54 Å². The molecule has 4 aliphatic rings. The number of halogens is 5. The highest BCUT2D eigenvalue weighted by molar-refractivity contribution is 7.66. The Morgan fingerprint density at radius 2 is 1.73 bits per heavy atom. The minimum Gasteiger partial charge on any atom is -0.480 e. The molecule has 1 aliphatic heterocycles. The molecule has 8 nitrogen and oxygen atoms in total. The standard InChI is InChI=1S/C37H53F5NO7PS/c1-35-19-18-29-28-14-13-26(50-51(47,48)43-21-9-12-31(43)34(45)46)23-25(28)22-24(33(29)30(35)15-16-32(35)44)10-7-5-3-2-4-6-8-11-27(52-49)17-20-36(38,39)37(40,41)42/h13-14,23-24,27,29-33,44H,2-12,15-22H2,1H3,(H-,45,46,47,48)/p+1/t24-,27?,29?,30+,31+,32+,33-,35+/m1/s1. The maximum atomic E-state index is 13.3. The van der Waals surface area contributed by atoms with E-state index in [1.807, 2.05) is 12.1 Å². The van der Waals surface area contributed by atoms with Crippen molar-refractivity contribution in [2.24, 2.45) is 23.2 Å². The summed E-state index contributed by atoms with van der Waals surface area (Å²) in [6, 6.07) is 4.55. The number of unbranched alkanes of at least 4 members (excludes halogenated alkanes) is 6. The molecule has 5 rings (SSSR count). The number of rotatable bonds is 18. The number of carboxylic acid groups (broad SMARTS) is 1. The molecule has 52 heavy (non-hydrogen) atoms. The second-order valence-corrected chi connectivity index (χ2v) is 18.5. The Labute approximate surface area is 307 Å². The van der Waals surface area contributed by atoms with Gasteiger partial charge in [0.15, 0.2) is 0 Å². The Bertz CT molecular complexity index is 1450. The van der Waals surface area contributed by atoms with Crippen LogP contribution < -0.4 is 4.52 Å². The van der Waals surface area contributed by atoms with Gasteiger partial charge in [0.05, 0.1) is 6.10 Å². The van der Waals surface area contributed by atoms with Gasteiger partial charge in [-0.1, -0.05) is 51.5 Å². The van der Waals surface area contributed by atoms with Crippen LogP contribution in [0.3, 0.4) is 0 Å². The maximum absolute atomic E-state index is 13.3. The number of aliphatic hydroxyl groups excluding tert-OH is 1. The van der Waals surface area contributed by atoms with E-state index in [4.69, 9.17) is 4.52 Å². The fraction of sp³-hybridized carbons (Fsp3) is 0.811. The highest BCUT2D eigenvalue weighted by Crippen LogP contribution is 2.63. The smallest absolute Gasteiger partial charge is 0.462 e. The van der Waals surface area contributed by atoms with Crippen molar-refractivity contribution >= 4 is 25.4 Å². The highest BCUT2D eigenvalue weighted by Gasteiger charge is 2.58. The minimum atomic E-state index is -5.60. The number of hydrogen-bond acceptors (Lipinski definition) is 5. The summed E-state index contributed by atoms with van der Waals surface area (Å²) < 4.78 is 95.1. The molecule has 3 N–H and O–H groups in total. The first-order valence-corrected chi connectivity index (χ1v) is 21.4. The summed E-state index contributed by atoms with van der Waals surface area (Å²) in [6.07, 6.45) is 5.21. The highest BCUT2D eigenvalue weighted by atomic mass is 32.1. The number of benzene rings is 1. The van der Waals surface area contributed by atoms with Crippen LogP contribution in [-0.4, -0.2) is 61.8 Å². The number of aliphatic carboxylic acids is 1. The van der Waals surface area contributed by atoms with E-state index in [1.54, 1.807) is 6.07 Å². The topological polar surface area (TPSA) is 124 Å². The molecule has 0 amide bonds. The van der Waals surface area contributed by atoms with E-state index in [1.165, 1.54) is 5.56 Å². The lowest BCUT2D eigenvalue weighted by molar-refractivity contribution is -0.284. The monoisotopic (exact) mass is 782 g/mol. The Kier molecular flexibility index (Phi) is 13.5. The zero-order valence-electron chi connectivity index (χ0n) is 29.9. The van der Waals surface area contributed by atoms with Gasteiger partial charge in [0.2, 0.25) is 5.25 Å². The summed E-state index contributed by atoms with van der Waals surface area (Å²) in [5.41, 5.74) is 2.22. The molecule has 1 aromatic carbocycles. The Balaban J connectivity index is 1.14. The average molecular weight is 783 g/mol. The van der Waals surface area contributed by atoms with E-state index in [0.29, 0.717) is 42.9 Å². The van der Waals surface area contributed by atoms with Crippen molar-refractivity contribution in [2.45, 2.75) is 158 Å². The Hall–Kier alpha value is -1.73. The van der Waals surface area contributed by atoms with Crippen molar-refractivity contribution < 1.29 is 55.2 Å². The van der Waals surface area contributed by atoms with Crippen LogP contribution in [0.25, 0.3) is 0 Å². The zero-order valence-corrected chi connectivity index (χ0v) is 31.6. The predicted octanol–water partition coefficient (Wildman–Crippen LogP) is 9.44. The summed E-state index contributed by atoms with van der Waals surface area (Å²) in [5, 5.41) is 19.8. The summed E-state index contributed by atoms with van der Waals surface area (Å²) in [5.74, 6) is -4.15. The van der Waals surface area contributed by atoms with Crippen molar-refractivity contribution in [3.05, 3.63) is 29.3 Å². The fourth-order valence-electron chi connectivity index (χ4n) is 9.96. The lowest BCUT2D eigenvalue weighted by atomic mass is 9.52. The number of hydrogen-bond donors (Lipinski definition) is 3. The number of alkyl halides is 5. The van der Waals surface area contributed by atoms with E-state index in [0.717, 1.165) is 87.3 Å². The van der Waals surface area contributed by atoms with Crippen LogP contribution in [0.1, 0.15) is 133 Å². The fourth-order valence-corrected chi connectivity index (χ4v) is 11.9. The van der Waals surface area contributed by atoms with Gasteiger partial charge in [0.1, 0.15) is 11.8 Å². The molecule has 3 aliphatic carbocycles. The average Bonchev–Trinajstić information content (AvgIpc) is 3.70. The third kappa shape index (κ3) is 9.20. The van der Waals surface area contributed by atoms with Crippen molar-refractivity contribution in [3.63, 3.8) is 0 Å². The van der Waals surface area contributed by atoms with Crippen LogP contribution in [0.4, 0.5) is 22.0 Å². The summed E-state index contributed by atoms with van der Waals surface area (Å²) in [7, 11) is -4.40. The Morgan fingerprint density at radius 1 is 1.04 bits per heavy atom. The van der Waals surface area contributed by atoms with Crippen LogP contribution in [-0.2, 0) is 31.7 Å². The van der Waals surface area contributed by atoms with Crippen molar-refractivity contribution in [1.29, 1.82) is 0 Å². The molecule has 3 unspecified atom stereocenters. The van der Waals surface area contributed by atoms with Gasteiger partial charge >= 0.3 is 37.5 Å². The molecule has 0 bridgehead atoms. The van der Waals surface area contributed by atoms with Crippen LogP contribution in [0, 0.1) is 23.2 Å². The number of aliphatic hydroxyl groups is 1. The largest absolute Gasteiger partial charge is 0.480 e. The molecular weight excluding hydrogens is 728 g/mol. The van der Waals surface area contributed by atoms with Gasteiger partial charge in [0, 0.05) is 30.0 Å². The summed E-state index contributed by atoms with van der Waals surface area (Å²) >= 11 is 0.111. The predicted molar refractivity (Wildman–Crippen MR) is 187 cm³/mol. The quantitative estimate of drug-likeness (QED) is 0.0583. The van der Waals surface area contributed by atoms with E-state index < -0.39 is 49.9 Å². The van der Waals surface area contributed by atoms with Gasteiger partial charge < -0.3 is 19.6 Å². The van der Waals surface area contributed by atoms with Gasteiger partial charge in [-0.2, -0.15) is 26.6 Å². The van der Waals surface area contributed by atoms with Crippen molar-refractivity contribution in [3.8, 4) is 5.75 Å². The van der Waals surface area contributed by atoms with Gasteiger partial charge in [-0.05, 0) is 110 Å². The molecular formula is C37H54F5NO7PS+. The maximum Gasteiger partial charge on any atom is 0.462 e. The second kappa shape index (κ2) is 17.0. The molecule has 1 heterocycles. The number of nitrogens with zero attached hydrogens (tertiary/aromatic N) is 1. The third-order valence-electron chi connectivity index (χ3n) is 12.8. The third-order valence-corrected chi connectivity index (χ3v) is 15.1. The van der Waals surface area contributed by atoms with Gasteiger partial charge in [-0.3, -0.25) is 4.79 Å². The summed E-state index contributed by atoms with van der Waals surface area (Å²) in [4.78, 5) is 22.5. The van der Waals surface area contributed by atoms with Crippen LogP contribution in [0.15, 0.2) is 18.2 Å². The lowest BCUT2D eigenvalue weighted by Gasteiger charge is -2.53. The second-order valence-electron chi connectivity index (χ2n) is 16.0. The van der Waals surface area contributed by atoms with E-state index in [2.05, 4.69) is 6.92 Å². The first-order valence-electron chi connectivity index (χ1n) is 19.0. The van der Waals surface area contributed by atoms with Crippen LogP contribution in [0.2, 0.25) is 0 Å². The van der Waals surface area contributed by atoms with E-state index in [9.17, 15) is 50.6 Å². The van der Waals surface area contributed by atoms with Gasteiger partial charge in [-0.25, -0.2) is 4.57 Å². The molecule has 9 atom stereocenters. The van der Waals surface area contributed by atoms with Crippen LogP contribution in [0.5, 0.6) is 5.75 Å². The number of carboxylic acids is 1. The molecule has 0 radical (unpaired) electrons. The molecule has 0 aromatic heterocycles. The minimum absolute atomic E-state index is 0.108. The SMILES string of the molecule is C[C@]12CCC3c4ccc(OP(=O)(O)N5CCC[C@H]5C(=O)O)cc4C[C@@H](CCCCCCCCCC(CCC(F)(F)C(F)(F)F)[S+]=O)[C@H]3[C@@H]1CC[C@@H]2O. The molecule has 1 saturated heterocycles. The number of carbonyl (C=O) groups is 1. The number of fused-ring (bicyclic) bond motifs is 5. The first kappa shape index (κ1) is 41.4. The first-order chi connectivity index (χ1) is 24.5. The zero-order chi connectivity index (χ0) is 37.9. The van der Waals surface area contributed by atoms with Crippen molar-refractivity contribution in [1.82, 2.24) is 4.67 Å². The van der Waals surface area contributed by atoms with E-state index in [-0.39, 0.29) is 41.9 Å². The lowest BCUT2D eigenvalue weighted by Crippen LogP contribution is -2.47. The summed E-state index contributed by atoms with van der Waals surface area (Å²) in [6.45, 7) is 2.42.